The lowest BCUT2D eigenvalue weighted by Crippen LogP contribution is -2.28. The number of aromatic nitrogens is 2. The number of carbonyl (C=O) groups is 1. The van der Waals surface area contributed by atoms with Gasteiger partial charge in [-0.3, -0.25) is 19.6 Å². The predicted octanol–water partition coefficient (Wildman–Crippen LogP) is 1.11. The van der Waals surface area contributed by atoms with Crippen LogP contribution in [0.4, 0.5) is 11.4 Å². The number of nitrogens with zero attached hydrogens (tertiary/aromatic N) is 3. The van der Waals surface area contributed by atoms with Crippen LogP contribution in [0, 0.1) is 17.0 Å². The number of aryl methyl sites for hydroxylation is 1. The Kier molecular flexibility index (Phi) is 4.17. The van der Waals surface area contributed by atoms with Gasteiger partial charge in [0.25, 0.3) is 11.6 Å². The number of rotatable bonds is 5. The number of nitrogen functional groups attached to an aromatic ring is 1. The quantitative estimate of drug-likeness (QED) is 0.486. The molecule has 21 heavy (non-hydrogen) atoms. The van der Waals surface area contributed by atoms with Crippen LogP contribution in [0.1, 0.15) is 15.9 Å². The van der Waals surface area contributed by atoms with E-state index < -0.39 is 10.8 Å². The zero-order chi connectivity index (χ0) is 15.4. The van der Waals surface area contributed by atoms with E-state index in [1.807, 2.05) is 13.1 Å². The third-order valence-electron chi connectivity index (χ3n) is 2.85. The molecule has 0 unspecified atom stereocenters. The molecule has 8 nitrogen and oxygen atoms in total. The number of amides is 1. The standard InChI is InChI=1S/C13H15N5O3/c1-9-7-16-17(8-9)5-4-15-13(19)11-6-10(14)2-3-12(11)18(20)21/h2-3,6-8H,4-5,14H2,1H3,(H,15,19). The van der Waals surface area contributed by atoms with Gasteiger partial charge in [-0.05, 0) is 24.6 Å². The summed E-state index contributed by atoms with van der Waals surface area (Å²) in [6.45, 7) is 2.71. The highest BCUT2D eigenvalue weighted by Gasteiger charge is 2.19. The Balaban J connectivity index is 2.03. The summed E-state index contributed by atoms with van der Waals surface area (Å²) in [6.07, 6.45) is 3.56. The molecule has 8 heteroatoms. The Morgan fingerprint density at radius 1 is 1.52 bits per heavy atom. The number of nitro benzene ring substituents is 1. The van der Waals surface area contributed by atoms with Gasteiger partial charge in [0, 0.05) is 24.5 Å². The molecule has 0 aliphatic rings. The van der Waals surface area contributed by atoms with Crippen molar-refractivity contribution in [2.24, 2.45) is 0 Å². The maximum atomic E-state index is 12.0. The van der Waals surface area contributed by atoms with Crippen LogP contribution < -0.4 is 11.1 Å². The van der Waals surface area contributed by atoms with Crippen LogP contribution >= 0.6 is 0 Å². The number of hydrogen-bond acceptors (Lipinski definition) is 5. The SMILES string of the molecule is Cc1cnn(CCNC(=O)c2cc(N)ccc2[N+](=O)[O-])c1. The van der Waals surface area contributed by atoms with Crippen LogP contribution in [0.25, 0.3) is 0 Å². The molecular formula is C13H15N5O3. The van der Waals surface area contributed by atoms with E-state index in [1.54, 1.807) is 10.9 Å². The Morgan fingerprint density at radius 3 is 2.90 bits per heavy atom. The minimum Gasteiger partial charge on any atom is -0.399 e. The van der Waals surface area contributed by atoms with Crippen LogP contribution in [-0.2, 0) is 6.54 Å². The summed E-state index contributed by atoms with van der Waals surface area (Å²) in [4.78, 5) is 22.3. The maximum Gasteiger partial charge on any atom is 0.282 e. The minimum atomic E-state index is -0.606. The average Bonchev–Trinajstić information content (AvgIpc) is 2.84. The molecule has 0 spiro atoms. The molecule has 0 bridgehead atoms. The van der Waals surface area contributed by atoms with Gasteiger partial charge in [0.05, 0.1) is 17.7 Å². The van der Waals surface area contributed by atoms with E-state index >= 15 is 0 Å². The van der Waals surface area contributed by atoms with Gasteiger partial charge >= 0.3 is 0 Å². The number of benzene rings is 1. The van der Waals surface area contributed by atoms with Crippen molar-refractivity contribution >= 4 is 17.3 Å². The highest BCUT2D eigenvalue weighted by Crippen LogP contribution is 2.20. The Bertz CT molecular complexity index is 680. The minimum absolute atomic E-state index is 0.0448. The van der Waals surface area contributed by atoms with E-state index in [2.05, 4.69) is 10.4 Å². The Morgan fingerprint density at radius 2 is 2.29 bits per heavy atom. The average molecular weight is 289 g/mol. The van der Waals surface area contributed by atoms with Crippen molar-refractivity contribution in [3.05, 3.63) is 51.8 Å². The van der Waals surface area contributed by atoms with Gasteiger partial charge in [-0.15, -0.1) is 0 Å². The fraction of sp³-hybridized carbons (Fsp3) is 0.231. The van der Waals surface area contributed by atoms with E-state index in [4.69, 9.17) is 5.73 Å². The number of nitrogens with one attached hydrogen (secondary N) is 1. The molecule has 1 heterocycles. The van der Waals surface area contributed by atoms with Crippen molar-refractivity contribution in [2.45, 2.75) is 13.5 Å². The fourth-order valence-corrected chi connectivity index (χ4v) is 1.86. The highest BCUT2D eigenvalue weighted by atomic mass is 16.6. The molecule has 2 aromatic rings. The van der Waals surface area contributed by atoms with Crippen LogP contribution in [-0.4, -0.2) is 27.2 Å². The third-order valence-corrected chi connectivity index (χ3v) is 2.85. The molecular weight excluding hydrogens is 274 g/mol. The van der Waals surface area contributed by atoms with E-state index in [0.29, 0.717) is 18.8 Å². The van der Waals surface area contributed by atoms with Crippen molar-refractivity contribution in [3.8, 4) is 0 Å². The predicted molar refractivity (Wildman–Crippen MR) is 76.8 cm³/mol. The molecule has 1 aromatic carbocycles. The van der Waals surface area contributed by atoms with Crippen molar-refractivity contribution in [1.29, 1.82) is 0 Å². The normalized spacial score (nSPS) is 10.3. The first-order chi connectivity index (χ1) is 9.97. The van der Waals surface area contributed by atoms with E-state index in [1.165, 1.54) is 18.2 Å². The topological polar surface area (TPSA) is 116 Å². The van der Waals surface area contributed by atoms with Crippen LogP contribution in [0.3, 0.4) is 0 Å². The molecule has 0 radical (unpaired) electrons. The number of anilines is 1. The lowest BCUT2D eigenvalue weighted by molar-refractivity contribution is -0.385. The second-order valence-corrected chi connectivity index (χ2v) is 4.57. The first-order valence-electron chi connectivity index (χ1n) is 6.28. The molecule has 0 saturated carbocycles. The molecule has 110 valence electrons. The van der Waals surface area contributed by atoms with Crippen molar-refractivity contribution in [1.82, 2.24) is 15.1 Å². The summed E-state index contributed by atoms with van der Waals surface area (Å²) < 4.78 is 1.68. The van der Waals surface area contributed by atoms with Crippen molar-refractivity contribution < 1.29 is 9.72 Å². The zero-order valence-corrected chi connectivity index (χ0v) is 11.4. The molecule has 0 atom stereocenters. The maximum absolute atomic E-state index is 12.0. The number of hydrogen-bond donors (Lipinski definition) is 2. The number of nitro groups is 1. The largest absolute Gasteiger partial charge is 0.399 e. The lowest BCUT2D eigenvalue weighted by Gasteiger charge is -2.06. The van der Waals surface area contributed by atoms with E-state index in [0.717, 1.165) is 5.56 Å². The smallest absolute Gasteiger partial charge is 0.282 e. The van der Waals surface area contributed by atoms with Gasteiger partial charge in [0.2, 0.25) is 0 Å². The molecule has 2 rings (SSSR count). The Labute approximate surface area is 120 Å². The van der Waals surface area contributed by atoms with Gasteiger partial charge in [-0.25, -0.2) is 0 Å². The van der Waals surface area contributed by atoms with Crippen LogP contribution in [0.2, 0.25) is 0 Å². The van der Waals surface area contributed by atoms with Crippen LogP contribution in [0.5, 0.6) is 0 Å². The molecule has 1 aromatic heterocycles. The van der Waals surface area contributed by atoms with Crippen molar-refractivity contribution in [3.63, 3.8) is 0 Å². The van der Waals surface area contributed by atoms with Gasteiger partial charge in [0.1, 0.15) is 5.56 Å². The van der Waals surface area contributed by atoms with Gasteiger partial charge in [-0.2, -0.15) is 5.10 Å². The number of nitrogens with two attached hydrogens (primary N) is 1. The summed E-state index contributed by atoms with van der Waals surface area (Å²) in [6, 6.07) is 3.91. The first-order valence-corrected chi connectivity index (χ1v) is 6.28. The lowest BCUT2D eigenvalue weighted by atomic mass is 10.1. The molecule has 3 N–H and O–H groups in total. The first kappa shape index (κ1) is 14.5. The van der Waals surface area contributed by atoms with Crippen LogP contribution in [0.15, 0.2) is 30.6 Å². The van der Waals surface area contributed by atoms with Gasteiger partial charge in [0.15, 0.2) is 0 Å². The molecule has 0 fully saturated rings. The van der Waals surface area contributed by atoms with E-state index in [9.17, 15) is 14.9 Å². The fourth-order valence-electron chi connectivity index (χ4n) is 1.86. The van der Waals surface area contributed by atoms with Gasteiger partial charge in [-0.1, -0.05) is 0 Å². The molecule has 0 aliphatic carbocycles. The molecule has 0 aliphatic heterocycles. The Hall–Kier alpha value is -2.90. The summed E-state index contributed by atoms with van der Waals surface area (Å²) in [7, 11) is 0. The monoisotopic (exact) mass is 289 g/mol. The summed E-state index contributed by atoms with van der Waals surface area (Å²) in [5.41, 5.74) is 6.58. The van der Waals surface area contributed by atoms with Gasteiger partial charge < -0.3 is 11.1 Å². The second-order valence-electron chi connectivity index (χ2n) is 4.57. The zero-order valence-electron chi connectivity index (χ0n) is 11.4. The third kappa shape index (κ3) is 3.56. The summed E-state index contributed by atoms with van der Waals surface area (Å²) in [5, 5.41) is 17.6. The number of carbonyl (C=O) groups excluding carboxylic acids is 1. The van der Waals surface area contributed by atoms with Crippen molar-refractivity contribution in [2.75, 3.05) is 12.3 Å². The highest BCUT2D eigenvalue weighted by molar-refractivity contribution is 5.99. The molecule has 1 amide bonds. The summed E-state index contributed by atoms with van der Waals surface area (Å²) >= 11 is 0. The molecule has 0 saturated heterocycles. The second kappa shape index (κ2) is 6.04. The van der Waals surface area contributed by atoms with E-state index in [-0.39, 0.29) is 11.3 Å². The summed E-state index contributed by atoms with van der Waals surface area (Å²) in [5.74, 6) is -0.530.